The normalized spacial score (nSPS) is 11.2. The van der Waals surface area contributed by atoms with Gasteiger partial charge < -0.3 is 14.3 Å². The van der Waals surface area contributed by atoms with E-state index in [0.717, 1.165) is 33.2 Å². The first-order valence-corrected chi connectivity index (χ1v) is 9.18. The molecule has 26 heavy (non-hydrogen) atoms. The maximum Gasteiger partial charge on any atom is 0.191 e. The van der Waals surface area contributed by atoms with E-state index in [1.807, 2.05) is 36.0 Å². The van der Waals surface area contributed by atoms with Crippen molar-refractivity contribution in [1.29, 1.82) is 0 Å². The number of halogens is 1. The number of para-hydroxylation sites is 1. The molecule has 0 saturated heterocycles. The molecule has 4 aromatic rings. The Balaban J connectivity index is 1.42. The van der Waals surface area contributed by atoms with Crippen LogP contribution in [0.15, 0.2) is 59.9 Å². The van der Waals surface area contributed by atoms with Gasteiger partial charge in [-0.05, 0) is 30.3 Å². The van der Waals surface area contributed by atoms with E-state index in [9.17, 15) is 4.39 Å². The first-order valence-electron chi connectivity index (χ1n) is 8.19. The van der Waals surface area contributed by atoms with E-state index in [1.54, 1.807) is 23.9 Å². The molecule has 0 amide bonds. The van der Waals surface area contributed by atoms with E-state index >= 15 is 0 Å². The van der Waals surface area contributed by atoms with Gasteiger partial charge in [0, 0.05) is 35.5 Å². The summed E-state index contributed by atoms with van der Waals surface area (Å²) in [5.41, 5.74) is 2.11. The van der Waals surface area contributed by atoms with Crippen molar-refractivity contribution in [3.63, 3.8) is 0 Å². The Morgan fingerprint density at radius 3 is 2.77 bits per heavy atom. The highest BCUT2D eigenvalue weighted by atomic mass is 32.2. The molecule has 4 rings (SSSR count). The molecular weight excluding hydrogens is 351 g/mol. The minimum Gasteiger partial charge on any atom is -0.493 e. The van der Waals surface area contributed by atoms with Crippen molar-refractivity contribution in [2.24, 2.45) is 7.05 Å². The molecule has 0 saturated carbocycles. The molecule has 2 heterocycles. The number of aromatic amines is 1. The highest BCUT2D eigenvalue weighted by molar-refractivity contribution is 7.99. The van der Waals surface area contributed by atoms with E-state index in [-0.39, 0.29) is 5.82 Å². The summed E-state index contributed by atoms with van der Waals surface area (Å²) in [6.45, 7) is 0.506. The van der Waals surface area contributed by atoms with Gasteiger partial charge in [-0.1, -0.05) is 30.0 Å². The van der Waals surface area contributed by atoms with Gasteiger partial charge in [-0.2, -0.15) is 0 Å². The summed E-state index contributed by atoms with van der Waals surface area (Å²) in [7, 11) is 1.96. The highest BCUT2D eigenvalue weighted by Crippen LogP contribution is 2.29. The second kappa shape index (κ2) is 7.21. The molecule has 0 radical (unpaired) electrons. The van der Waals surface area contributed by atoms with Crippen LogP contribution in [0.5, 0.6) is 5.75 Å². The van der Waals surface area contributed by atoms with Crippen molar-refractivity contribution >= 4 is 22.7 Å². The fourth-order valence-electron chi connectivity index (χ4n) is 2.75. The van der Waals surface area contributed by atoms with Gasteiger partial charge in [0.1, 0.15) is 11.6 Å². The summed E-state index contributed by atoms with van der Waals surface area (Å²) in [5, 5.41) is 10.6. The van der Waals surface area contributed by atoms with E-state index in [1.165, 1.54) is 12.1 Å². The van der Waals surface area contributed by atoms with Crippen LogP contribution in [-0.4, -0.2) is 32.1 Å². The lowest BCUT2D eigenvalue weighted by atomic mass is 10.1. The van der Waals surface area contributed by atoms with E-state index in [0.29, 0.717) is 12.4 Å². The Bertz CT molecular complexity index is 1030. The molecule has 0 atom stereocenters. The first-order chi connectivity index (χ1) is 12.7. The molecule has 0 aliphatic rings. The van der Waals surface area contributed by atoms with Gasteiger partial charge in [-0.3, -0.25) is 0 Å². The van der Waals surface area contributed by atoms with Crippen LogP contribution in [0.1, 0.15) is 0 Å². The molecule has 132 valence electrons. The maximum atomic E-state index is 12.9. The Hall–Kier alpha value is -2.80. The largest absolute Gasteiger partial charge is 0.493 e. The number of benzene rings is 2. The fourth-order valence-corrected chi connectivity index (χ4v) is 3.48. The van der Waals surface area contributed by atoms with Gasteiger partial charge in [-0.25, -0.2) is 4.39 Å². The number of nitrogens with zero attached hydrogens (tertiary/aromatic N) is 3. The third-order valence-corrected chi connectivity index (χ3v) is 5.05. The number of nitrogens with one attached hydrogen (secondary N) is 1. The van der Waals surface area contributed by atoms with Crippen LogP contribution in [0.3, 0.4) is 0 Å². The first kappa shape index (κ1) is 16.7. The molecule has 0 spiro atoms. The summed E-state index contributed by atoms with van der Waals surface area (Å²) < 4.78 is 20.5. The van der Waals surface area contributed by atoms with Crippen LogP contribution in [-0.2, 0) is 7.05 Å². The van der Waals surface area contributed by atoms with Crippen molar-refractivity contribution in [2.45, 2.75) is 5.16 Å². The lowest BCUT2D eigenvalue weighted by Gasteiger charge is -2.06. The number of rotatable bonds is 6. The molecule has 0 fully saturated rings. The average molecular weight is 368 g/mol. The van der Waals surface area contributed by atoms with Gasteiger partial charge in [-0.15, -0.1) is 10.2 Å². The van der Waals surface area contributed by atoms with Crippen LogP contribution < -0.4 is 4.74 Å². The number of ether oxygens (including phenoxy) is 1. The third-order valence-electron chi connectivity index (χ3n) is 4.06. The van der Waals surface area contributed by atoms with Gasteiger partial charge in [0.15, 0.2) is 11.0 Å². The second-order valence-electron chi connectivity index (χ2n) is 5.76. The van der Waals surface area contributed by atoms with Crippen molar-refractivity contribution in [1.82, 2.24) is 19.7 Å². The predicted octanol–water partition coefficient (Wildman–Crippen LogP) is 4.27. The van der Waals surface area contributed by atoms with E-state index in [4.69, 9.17) is 4.74 Å². The lowest BCUT2D eigenvalue weighted by molar-refractivity contribution is 0.343. The molecule has 5 nitrogen and oxygen atoms in total. The molecule has 2 aromatic heterocycles. The number of H-pyrrole nitrogens is 1. The Morgan fingerprint density at radius 2 is 1.92 bits per heavy atom. The minimum absolute atomic E-state index is 0.268. The number of thioether (sulfide) groups is 1. The standard InChI is InChI=1S/C19H17FN4OS/c1-24-18(16-12-21-17-5-3-2-4-15(16)17)22-23-19(24)26-11-10-25-14-8-6-13(20)7-9-14/h2-9,12,21H,10-11H2,1H3. The molecular formula is C19H17FN4OS. The van der Waals surface area contributed by atoms with Crippen LogP contribution in [0.25, 0.3) is 22.3 Å². The minimum atomic E-state index is -0.268. The molecule has 7 heteroatoms. The van der Waals surface area contributed by atoms with Gasteiger partial charge in [0.25, 0.3) is 0 Å². The summed E-state index contributed by atoms with van der Waals surface area (Å²) in [6.07, 6.45) is 1.96. The molecule has 0 unspecified atom stereocenters. The number of fused-ring (bicyclic) bond motifs is 1. The monoisotopic (exact) mass is 368 g/mol. The zero-order valence-electron chi connectivity index (χ0n) is 14.1. The zero-order valence-corrected chi connectivity index (χ0v) is 15.0. The van der Waals surface area contributed by atoms with Crippen molar-refractivity contribution in [3.05, 3.63) is 60.5 Å². The summed E-state index contributed by atoms with van der Waals surface area (Å²) in [5.74, 6) is 1.93. The molecule has 1 N–H and O–H groups in total. The van der Waals surface area contributed by atoms with Crippen molar-refractivity contribution in [3.8, 4) is 17.1 Å². The summed E-state index contributed by atoms with van der Waals surface area (Å²) in [6, 6.07) is 14.1. The second-order valence-corrected chi connectivity index (χ2v) is 6.83. The highest BCUT2D eigenvalue weighted by Gasteiger charge is 2.14. The van der Waals surface area contributed by atoms with Crippen LogP contribution >= 0.6 is 11.8 Å². The van der Waals surface area contributed by atoms with Gasteiger partial charge in [0.05, 0.1) is 6.61 Å². The molecule has 0 aliphatic heterocycles. The average Bonchev–Trinajstić information content (AvgIpc) is 3.24. The number of aromatic nitrogens is 4. The molecule has 0 bridgehead atoms. The van der Waals surface area contributed by atoms with Gasteiger partial charge >= 0.3 is 0 Å². The van der Waals surface area contributed by atoms with E-state index < -0.39 is 0 Å². The Labute approximate surface area is 154 Å². The van der Waals surface area contributed by atoms with E-state index in [2.05, 4.69) is 21.2 Å². The van der Waals surface area contributed by atoms with Crippen LogP contribution in [0.2, 0.25) is 0 Å². The SMILES string of the molecule is Cn1c(SCCOc2ccc(F)cc2)nnc1-c1c[nH]c2ccccc12. The number of hydrogen-bond acceptors (Lipinski definition) is 4. The maximum absolute atomic E-state index is 12.9. The Morgan fingerprint density at radius 1 is 1.12 bits per heavy atom. The van der Waals surface area contributed by atoms with Gasteiger partial charge in [0.2, 0.25) is 0 Å². The summed E-state index contributed by atoms with van der Waals surface area (Å²) in [4.78, 5) is 3.26. The quantitative estimate of drug-likeness (QED) is 0.408. The van der Waals surface area contributed by atoms with Crippen molar-refractivity contribution in [2.75, 3.05) is 12.4 Å². The molecule has 0 aliphatic carbocycles. The van der Waals surface area contributed by atoms with Crippen LogP contribution in [0, 0.1) is 5.82 Å². The smallest absolute Gasteiger partial charge is 0.191 e. The zero-order chi connectivity index (χ0) is 17.9. The number of hydrogen-bond donors (Lipinski definition) is 1. The topological polar surface area (TPSA) is 55.7 Å². The lowest BCUT2D eigenvalue weighted by Crippen LogP contribution is -2.02. The Kier molecular flexibility index (Phi) is 4.62. The van der Waals surface area contributed by atoms with Crippen molar-refractivity contribution < 1.29 is 9.13 Å². The fraction of sp³-hybridized carbons (Fsp3) is 0.158. The van der Waals surface area contributed by atoms with Crippen LogP contribution in [0.4, 0.5) is 4.39 Å². The summed E-state index contributed by atoms with van der Waals surface area (Å²) >= 11 is 1.57. The predicted molar refractivity (Wildman–Crippen MR) is 101 cm³/mol. The molecule has 2 aromatic carbocycles. The third kappa shape index (κ3) is 3.30.